The number of amides is 1. The third-order valence-electron chi connectivity index (χ3n) is 5.07. The normalized spacial score (nSPS) is 16.5. The molecule has 144 valence electrons. The first-order valence-corrected chi connectivity index (χ1v) is 9.57. The molecule has 0 bridgehead atoms. The Balaban J connectivity index is 1.36. The molecule has 5 rings (SSSR count). The third-order valence-corrected chi connectivity index (χ3v) is 5.07. The van der Waals surface area contributed by atoms with Gasteiger partial charge >= 0.3 is 0 Å². The smallest absolute Gasteiger partial charge is 0.300 e. The standard InChI is InChI=1S/C21H21N3O4/c25-20(22-16-4-6-18-14(11-16)7-10-27-18)15-3-5-19-17(12-15)23-21(28-19)24-8-1-2-9-26-13-24/h3-6,11-12H,1-2,7-10,13H2,(H,22,25). The number of carbonyl (C=O) groups is 1. The minimum atomic E-state index is -0.177. The van der Waals surface area contributed by atoms with Gasteiger partial charge in [-0.15, -0.1) is 0 Å². The summed E-state index contributed by atoms with van der Waals surface area (Å²) in [7, 11) is 0. The van der Waals surface area contributed by atoms with Crippen molar-refractivity contribution in [2.75, 3.05) is 36.7 Å². The molecule has 1 aromatic heterocycles. The number of anilines is 2. The Labute approximate surface area is 162 Å². The fraction of sp³-hybridized carbons (Fsp3) is 0.333. The van der Waals surface area contributed by atoms with Gasteiger partial charge in [-0.05, 0) is 54.8 Å². The molecule has 0 saturated carbocycles. The van der Waals surface area contributed by atoms with Gasteiger partial charge in [0.2, 0.25) is 0 Å². The van der Waals surface area contributed by atoms with Gasteiger partial charge in [0.1, 0.15) is 18.0 Å². The average Bonchev–Trinajstić information content (AvgIpc) is 3.25. The van der Waals surface area contributed by atoms with E-state index in [0.717, 1.165) is 49.4 Å². The molecule has 3 heterocycles. The van der Waals surface area contributed by atoms with Crippen LogP contribution in [0.4, 0.5) is 11.7 Å². The lowest BCUT2D eigenvalue weighted by Gasteiger charge is -2.16. The highest BCUT2D eigenvalue weighted by molar-refractivity contribution is 6.06. The number of fused-ring (bicyclic) bond motifs is 2. The van der Waals surface area contributed by atoms with Crippen molar-refractivity contribution in [2.24, 2.45) is 0 Å². The van der Waals surface area contributed by atoms with Gasteiger partial charge in [0.05, 0.1) is 6.61 Å². The first-order valence-electron chi connectivity index (χ1n) is 9.57. The zero-order valence-electron chi connectivity index (χ0n) is 15.4. The molecule has 0 aliphatic carbocycles. The molecular formula is C21H21N3O4. The fourth-order valence-electron chi connectivity index (χ4n) is 3.56. The number of aromatic nitrogens is 1. The van der Waals surface area contributed by atoms with Crippen molar-refractivity contribution in [1.82, 2.24) is 4.98 Å². The Morgan fingerprint density at radius 3 is 3.04 bits per heavy atom. The van der Waals surface area contributed by atoms with Crippen LogP contribution >= 0.6 is 0 Å². The number of hydrogen-bond acceptors (Lipinski definition) is 6. The number of nitrogens with one attached hydrogen (secondary N) is 1. The highest BCUT2D eigenvalue weighted by atomic mass is 16.5. The Morgan fingerprint density at radius 1 is 1.11 bits per heavy atom. The van der Waals surface area contributed by atoms with Crippen LogP contribution in [0, 0.1) is 0 Å². The second-order valence-electron chi connectivity index (χ2n) is 7.06. The molecule has 1 saturated heterocycles. The van der Waals surface area contributed by atoms with Crippen LogP contribution in [0.25, 0.3) is 11.1 Å². The molecule has 1 amide bonds. The van der Waals surface area contributed by atoms with Gasteiger partial charge in [-0.2, -0.15) is 4.98 Å². The number of benzene rings is 2. The number of hydrogen-bond donors (Lipinski definition) is 1. The summed E-state index contributed by atoms with van der Waals surface area (Å²) in [5.41, 5.74) is 3.74. The van der Waals surface area contributed by atoms with Crippen LogP contribution in [0.1, 0.15) is 28.8 Å². The first kappa shape index (κ1) is 17.1. The van der Waals surface area contributed by atoms with Gasteiger partial charge < -0.3 is 24.1 Å². The van der Waals surface area contributed by atoms with Crippen molar-refractivity contribution < 1.29 is 18.7 Å². The van der Waals surface area contributed by atoms with Crippen molar-refractivity contribution in [3.8, 4) is 5.75 Å². The van der Waals surface area contributed by atoms with Crippen molar-refractivity contribution in [3.63, 3.8) is 0 Å². The van der Waals surface area contributed by atoms with Crippen molar-refractivity contribution in [3.05, 3.63) is 47.5 Å². The Morgan fingerprint density at radius 2 is 2.07 bits per heavy atom. The zero-order chi connectivity index (χ0) is 18.9. The van der Waals surface area contributed by atoms with E-state index in [-0.39, 0.29) is 5.91 Å². The number of nitrogens with zero attached hydrogens (tertiary/aromatic N) is 2. The summed E-state index contributed by atoms with van der Waals surface area (Å²) in [5.74, 6) is 0.718. The molecule has 2 aromatic carbocycles. The summed E-state index contributed by atoms with van der Waals surface area (Å²) in [4.78, 5) is 19.2. The highest BCUT2D eigenvalue weighted by Gasteiger charge is 2.18. The number of ether oxygens (including phenoxy) is 2. The van der Waals surface area contributed by atoms with E-state index >= 15 is 0 Å². The molecule has 7 nitrogen and oxygen atoms in total. The minimum Gasteiger partial charge on any atom is -0.493 e. The van der Waals surface area contributed by atoms with E-state index in [4.69, 9.17) is 13.9 Å². The average molecular weight is 379 g/mol. The van der Waals surface area contributed by atoms with E-state index < -0.39 is 0 Å². The number of carbonyl (C=O) groups excluding carboxylic acids is 1. The quantitative estimate of drug-likeness (QED) is 0.749. The van der Waals surface area contributed by atoms with Crippen molar-refractivity contribution >= 4 is 28.7 Å². The zero-order valence-corrected chi connectivity index (χ0v) is 15.4. The predicted octanol–water partition coefficient (Wildman–Crippen LogP) is 3.59. The van der Waals surface area contributed by atoms with E-state index in [0.29, 0.717) is 36.0 Å². The maximum absolute atomic E-state index is 12.7. The molecule has 3 aromatic rings. The Kier molecular flexibility index (Phi) is 4.37. The Bertz CT molecular complexity index is 1020. The monoisotopic (exact) mass is 379 g/mol. The molecule has 1 fully saturated rings. The van der Waals surface area contributed by atoms with Crippen molar-refractivity contribution in [1.29, 1.82) is 0 Å². The minimum absolute atomic E-state index is 0.177. The summed E-state index contributed by atoms with van der Waals surface area (Å²) >= 11 is 0. The molecule has 7 heteroatoms. The van der Waals surface area contributed by atoms with E-state index in [1.54, 1.807) is 18.2 Å². The summed E-state index contributed by atoms with van der Waals surface area (Å²) in [6, 6.07) is 11.5. The summed E-state index contributed by atoms with van der Waals surface area (Å²) in [5, 5.41) is 2.95. The van der Waals surface area contributed by atoms with Crippen molar-refractivity contribution in [2.45, 2.75) is 19.3 Å². The molecule has 0 radical (unpaired) electrons. The molecule has 0 spiro atoms. The van der Waals surface area contributed by atoms with Crippen LogP contribution in [0.2, 0.25) is 0 Å². The van der Waals surface area contributed by atoms with Gasteiger partial charge in [0.25, 0.3) is 11.9 Å². The number of oxazole rings is 1. The van der Waals surface area contributed by atoms with Crippen LogP contribution in [-0.2, 0) is 11.2 Å². The molecule has 1 N–H and O–H groups in total. The molecule has 0 unspecified atom stereocenters. The third kappa shape index (κ3) is 3.29. The molecule has 2 aliphatic heterocycles. The fourth-order valence-corrected chi connectivity index (χ4v) is 3.56. The molecule has 2 aliphatic rings. The largest absolute Gasteiger partial charge is 0.493 e. The van der Waals surface area contributed by atoms with Crippen LogP contribution < -0.4 is 15.0 Å². The van der Waals surface area contributed by atoms with E-state index in [1.165, 1.54) is 0 Å². The summed E-state index contributed by atoms with van der Waals surface area (Å²) in [6.07, 6.45) is 2.95. The van der Waals surface area contributed by atoms with Gasteiger partial charge in [0.15, 0.2) is 5.58 Å². The van der Waals surface area contributed by atoms with E-state index in [1.807, 2.05) is 23.1 Å². The predicted molar refractivity (Wildman–Crippen MR) is 105 cm³/mol. The molecule has 28 heavy (non-hydrogen) atoms. The van der Waals surface area contributed by atoms with Gasteiger partial charge in [-0.3, -0.25) is 4.79 Å². The van der Waals surface area contributed by atoms with Gasteiger partial charge in [-0.1, -0.05) is 0 Å². The maximum Gasteiger partial charge on any atom is 0.300 e. The first-order chi connectivity index (χ1) is 13.8. The maximum atomic E-state index is 12.7. The number of rotatable bonds is 3. The molecular weight excluding hydrogens is 358 g/mol. The topological polar surface area (TPSA) is 76.8 Å². The van der Waals surface area contributed by atoms with Crippen LogP contribution in [0.5, 0.6) is 5.75 Å². The SMILES string of the molecule is O=C(Nc1ccc2c(c1)CCO2)c1ccc2oc(N3CCCCOC3)nc2c1. The van der Waals surface area contributed by atoms with Crippen LogP contribution in [-0.4, -0.2) is 37.4 Å². The summed E-state index contributed by atoms with van der Waals surface area (Å²) in [6.45, 7) is 2.78. The molecule has 0 atom stereocenters. The lowest BCUT2D eigenvalue weighted by Crippen LogP contribution is -2.25. The lowest BCUT2D eigenvalue weighted by atomic mass is 10.1. The van der Waals surface area contributed by atoms with Crippen LogP contribution in [0.3, 0.4) is 0 Å². The summed E-state index contributed by atoms with van der Waals surface area (Å²) < 4.78 is 16.9. The van der Waals surface area contributed by atoms with E-state index in [2.05, 4.69) is 10.3 Å². The second kappa shape index (κ2) is 7.16. The second-order valence-corrected chi connectivity index (χ2v) is 7.06. The van der Waals surface area contributed by atoms with Crippen LogP contribution in [0.15, 0.2) is 40.8 Å². The van der Waals surface area contributed by atoms with Gasteiger partial charge in [0, 0.05) is 30.8 Å². The highest BCUT2D eigenvalue weighted by Crippen LogP contribution is 2.28. The Hall–Kier alpha value is -3.06. The van der Waals surface area contributed by atoms with E-state index in [9.17, 15) is 4.79 Å². The van der Waals surface area contributed by atoms with Gasteiger partial charge in [-0.25, -0.2) is 0 Å². The lowest BCUT2D eigenvalue weighted by molar-refractivity contribution is 0.102.